The van der Waals surface area contributed by atoms with Crippen molar-refractivity contribution in [3.63, 3.8) is 0 Å². The van der Waals surface area contributed by atoms with E-state index in [-0.39, 0.29) is 11.8 Å². The molecule has 1 aromatic rings. The first-order chi connectivity index (χ1) is 7.91. The van der Waals surface area contributed by atoms with Gasteiger partial charge in [0, 0.05) is 18.0 Å². The van der Waals surface area contributed by atoms with Crippen LogP contribution in [-0.2, 0) is 4.79 Å². The van der Waals surface area contributed by atoms with Crippen molar-refractivity contribution < 1.29 is 4.79 Å². The number of rotatable bonds is 4. The molecule has 92 valence electrons. The third-order valence-corrected chi connectivity index (χ3v) is 2.98. The van der Waals surface area contributed by atoms with Crippen molar-refractivity contribution in [2.75, 3.05) is 5.32 Å². The van der Waals surface area contributed by atoms with Crippen molar-refractivity contribution in [3.05, 3.63) is 29.3 Å². The lowest BCUT2D eigenvalue weighted by Crippen LogP contribution is -2.25. The van der Waals surface area contributed by atoms with Gasteiger partial charge in [0.15, 0.2) is 0 Å². The summed E-state index contributed by atoms with van der Waals surface area (Å²) in [5.41, 5.74) is 8.53. The summed E-state index contributed by atoms with van der Waals surface area (Å²) in [7, 11) is 0. The molecule has 0 fully saturated rings. The Morgan fingerprint density at radius 1 is 1.47 bits per heavy atom. The number of nitrogens with two attached hydrogens (primary N) is 1. The maximum Gasteiger partial charge on any atom is 0.227 e. The molecule has 0 saturated heterocycles. The van der Waals surface area contributed by atoms with Gasteiger partial charge in [0.2, 0.25) is 5.91 Å². The zero-order chi connectivity index (χ0) is 13.0. The Labute approximate surface area is 107 Å². The molecular formula is C13H18N2OS. The number of carbonyl (C=O) groups is 1. The topological polar surface area (TPSA) is 55.1 Å². The second kappa shape index (κ2) is 5.77. The molecule has 17 heavy (non-hydrogen) atoms. The van der Waals surface area contributed by atoms with Gasteiger partial charge in [-0.25, -0.2) is 0 Å². The third kappa shape index (κ3) is 3.82. The molecule has 0 aliphatic rings. The van der Waals surface area contributed by atoms with Crippen LogP contribution in [0.4, 0.5) is 5.69 Å². The highest BCUT2D eigenvalue weighted by atomic mass is 32.1. The fourth-order valence-electron chi connectivity index (χ4n) is 1.54. The number of aryl methyl sites for hydroxylation is 1. The lowest BCUT2D eigenvalue weighted by molar-refractivity contribution is -0.119. The Bertz CT molecular complexity index is 443. The van der Waals surface area contributed by atoms with Crippen molar-refractivity contribution in [2.24, 2.45) is 11.7 Å². The van der Waals surface area contributed by atoms with E-state index in [1.165, 1.54) is 0 Å². The van der Waals surface area contributed by atoms with Crippen molar-refractivity contribution >= 4 is 28.8 Å². The predicted octanol–water partition coefficient (Wildman–Crippen LogP) is 2.55. The van der Waals surface area contributed by atoms with Gasteiger partial charge >= 0.3 is 0 Å². The number of carbonyl (C=O) groups excluding carboxylic acids is 1. The zero-order valence-corrected chi connectivity index (χ0v) is 11.2. The van der Waals surface area contributed by atoms with E-state index < -0.39 is 0 Å². The maximum atomic E-state index is 11.9. The number of thiocarbonyl (C=S) groups is 1. The average molecular weight is 250 g/mol. The third-order valence-electron chi connectivity index (χ3n) is 2.82. The number of amides is 1. The highest BCUT2D eigenvalue weighted by Gasteiger charge is 2.14. The highest BCUT2D eigenvalue weighted by Crippen LogP contribution is 2.19. The Kier molecular flexibility index (Phi) is 4.63. The summed E-state index contributed by atoms with van der Waals surface area (Å²) >= 11 is 4.80. The molecule has 1 amide bonds. The van der Waals surface area contributed by atoms with E-state index in [1.54, 1.807) is 0 Å². The van der Waals surface area contributed by atoms with Gasteiger partial charge in [0.05, 0.1) is 4.99 Å². The molecule has 0 saturated carbocycles. The second-order valence-electron chi connectivity index (χ2n) is 4.31. The minimum absolute atomic E-state index is 0.0495. The molecule has 0 aromatic heterocycles. The Morgan fingerprint density at radius 2 is 2.12 bits per heavy atom. The minimum Gasteiger partial charge on any atom is -0.393 e. The molecule has 1 rings (SSSR count). The molecule has 0 aliphatic heterocycles. The van der Waals surface area contributed by atoms with Crippen LogP contribution >= 0.6 is 12.2 Å². The molecule has 0 spiro atoms. The normalized spacial score (nSPS) is 11.9. The number of benzene rings is 1. The highest BCUT2D eigenvalue weighted by molar-refractivity contribution is 7.80. The summed E-state index contributed by atoms with van der Waals surface area (Å²) in [4.78, 5) is 12.3. The summed E-state index contributed by atoms with van der Waals surface area (Å²) in [5.74, 6) is -0.251. The monoisotopic (exact) mass is 250 g/mol. The molecule has 4 heteroatoms. The van der Waals surface area contributed by atoms with E-state index in [4.69, 9.17) is 18.0 Å². The Hall–Kier alpha value is -1.42. The molecular weight excluding hydrogens is 232 g/mol. The lowest BCUT2D eigenvalue weighted by atomic mass is 10.1. The molecule has 0 aliphatic carbocycles. The van der Waals surface area contributed by atoms with Crippen molar-refractivity contribution in [1.82, 2.24) is 0 Å². The molecule has 1 atom stereocenters. The van der Waals surface area contributed by atoms with E-state index in [2.05, 4.69) is 5.32 Å². The van der Waals surface area contributed by atoms with Crippen LogP contribution in [0.15, 0.2) is 18.2 Å². The van der Waals surface area contributed by atoms with Gasteiger partial charge in [-0.05, 0) is 31.0 Å². The number of hydrogen-bond acceptors (Lipinski definition) is 2. The summed E-state index contributed by atoms with van der Waals surface area (Å²) in [5, 5.41) is 2.90. The SMILES string of the molecule is Cc1cccc(NC(=O)C(C)CC(N)=S)c1C. The van der Waals surface area contributed by atoms with Crippen molar-refractivity contribution in [1.29, 1.82) is 0 Å². The van der Waals surface area contributed by atoms with Crippen molar-refractivity contribution in [3.8, 4) is 0 Å². The van der Waals surface area contributed by atoms with E-state index in [1.807, 2.05) is 39.0 Å². The predicted molar refractivity (Wildman–Crippen MR) is 75.1 cm³/mol. The van der Waals surface area contributed by atoms with Gasteiger partial charge in [-0.1, -0.05) is 31.3 Å². The fraction of sp³-hybridized carbons (Fsp3) is 0.385. The van der Waals surface area contributed by atoms with Gasteiger partial charge < -0.3 is 11.1 Å². The average Bonchev–Trinajstić information content (AvgIpc) is 2.23. The smallest absolute Gasteiger partial charge is 0.227 e. The number of hydrogen-bond donors (Lipinski definition) is 2. The van der Waals surface area contributed by atoms with Crippen LogP contribution < -0.4 is 11.1 Å². The van der Waals surface area contributed by atoms with Crippen LogP contribution in [0.5, 0.6) is 0 Å². The molecule has 3 N–H and O–H groups in total. The first kappa shape index (κ1) is 13.6. The molecule has 0 heterocycles. The minimum atomic E-state index is -0.201. The molecule has 3 nitrogen and oxygen atoms in total. The summed E-state index contributed by atoms with van der Waals surface area (Å²) in [6.07, 6.45) is 0.437. The molecule has 1 unspecified atom stereocenters. The zero-order valence-electron chi connectivity index (χ0n) is 10.4. The maximum absolute atomic E-state index is 11.9. The van der Waals surface area contributed by atoms with E-state index in [0.29, 0.717) is 11.4 Å². The largest absolute Gasteiger partial charge is 0.393 e. The number of nitrogens with one attached hydrogen (secondary N) is 1. The van der Waals surface area contributed by atoms with Gasteiger partial charge in [0.25, 0.3) is 0 Å². The molecule has 0 radical (unpaired) electrons. The Morgan fingerprint density at radius 3 is 2.71 bits per heavy atom. The van der Waals surface area contributed by atoms with E-state index >= 15 is 0 Å². The van der Waals surface area contributed by atoms with Crippen LogP contribution in [0.3, 0.4) is 0 Å². The second-order valence-corrected chi connectivity index (χ2v) is 4.83. The standard InChI is InChI=1S/C13H18N2OS/c1-8-5-4-6-11(10(8)3)15-13(16)9(2)7-12(14)17/h4-6,9H,7H2,1-3H3,(H2,14,17)(H,15,16). The summed E-state index contributed by atoms with van der Waals surface area (Å²) in [6, 6.07) is 5.84. The van der Waals surface area contributed by atoms with Crippen LogP contribution in [0.2, 0.25) is 0 Å². The van der Waals surface area contributed by atoms with Crippen LogP contribution in [-0.4, -0.2) is 10.9 Å². The van der Waals surface area contributed by atoms with Gasteiger partial charge in [-0.3, -0.25) is 4.79 Å². The first-order valence-corrected chi connectivity index (χ1v) is 5.98. The van der Waals surface area contributed by atoms with Gasteiger partial charge in [-0.15, -0.1) is 0 Å². The van der Waals surface area contributed by atoms with Crippen LogP contribution in [0.25, 0.3) is 0 Å². The van der Waals surface area contributed by atoms with Crippen LogP contribution in [0, 0.1) is 19.8 Å². The molecule has 1 aromatic carbocycles. The van der Waals surface area contributed by atoms with E-state index in [0.717, 1.165) is 16.8 Å². The van der Waals surface area contributed by atoms with Gasteiger partial charge in [-0.2, -0.15) is 0 Å². The number of anilines is 1. The quantitative estimate of drug-likeness (QED) is 0.807. The lowest BCUT2D eigenvalue weighted by Gasteiger charge is -2.14. The van der Waals surface area contributed by atoms with E-state index in [9.17, 15) is 4.79 Å². The molecule has 0 bridgehead atoms. The Balaban J connectivity index is 2.74. The first-order valence-electron chi connectivity index (χ1n) is 5.57. The summed E-state index contributed by atoms with van der Waals surface area (Å²) < 4.78 is 0. The van der Waals surface area contributed by atoms with Crippen molar-refractivity contribution in [2.45, 2.75) is 27.2 Å². The van der Waals surface area contributed by atoms with Gasteiger partial charge in [0.1, 0.15) is 0 Å². The summed E-state index contributed by atoms with van der Waals surface area (Å²) in [6.45, 7) is 5.83. The fourth-order valence-corrected chi connectivity index (χ4v) is 1.79. The van der Waals surface area contributed by atoms with Crippen LogP contribution in [0.1, 0.15) is 24.5 Å².